The Kier molecular flexibility index (Phi) is 8.83. The number of allylic oxidation sites excluding steroid dienone is 4. The molecule has 0 aromatic heterocycles. The molecule has 0 spiro atoms. The fourth-order valence-electron chi connectivity index (χ4n) is 8.01. The molecule has 0 amide bonds. The van der Waals surface area contributed by atoms with Crippen LogP contribution in [-0.4, -0.2) is 70.8 Å². The van der Waals surface area contributed by atoms with Gasteiger partial charge < -0.3 is 19.3 Å². The van der Waals surface area contributed by atoms with Gasteiger partial charge in [-0.2, -0.15) is 0 Å². The third-order valence-electron chi connectivity index (χ3n) is 10.5. The number of Topliss-reactive ketones (excluding diaryl/α,β-unsaturated/α-hetero) is 1. The summed E-state index contributed by atoms with van der Waals surface area (Å²) in [6.07, 6.45) is -2.51. The summed E-state index contributed by atoms with van der Waals surface area (Å²) in [5.74, 6) is -7.72. The number of hydrogen-bond acceptors (Lipinski definition) is 9. The molecule has 0 bridgehead atoms. The molecule has 1 N–H and O–H groups in total. The molecule has 9 nitrogen and oxygen atoms in total. The van der Waals surface area contributed by atoms with Crippen LogP contribution in [0.2, 0.25) is 0 Å². The highest BCUT2D eigenvalue weighted by atomic mass is 19.1. The number of alkyl halides is 2. The van der Waals surface area contributed by atoms with Crippen molar-refractivity contribution < 1.29 is 52.1 Å². The van der Waals surface area contributed by atoms with Crippen molar-refractivity contribution in [3.63, 3.8) is 0 Å². The first-order valence-corrected chi connectivity index (χ1v) is 15.4. The third-order valence-corrected chi connectivity index (χ3v) is 10.5. The van der Waals surface area contributed by atoms with E-state index in [1.54, 1.807) is 48.5 Å². The zero-order chi connectivity index (χ0) is 33.2. The van der Waals surface area contributed by atoms with Crippen molar-refractivity contribution >= 4 is 29.5 Å². The summed E-state index contributed by atoms with van der Waals surface area (Å²) in [6.45, 7) is 11.6. The van der Waals surface area contributed by atoms with Gasteiger partial charge in [-0.05, 0) is 49.8 Å². The maximum Gasteiger partial charge on any atom is 0.309 e. The number of esters is 3. The van der Waals surface area contributed by atoms with Crippen molar-refractivity contribution in [2.75, 3.05) is 6.61 Å². The van der Waals surface area contributed by atoms with Crippen LogP contribution in [0.15, 0.2) is 23.8 Å². The van der Waals surface area contributed by atoms with Gasteiger partial charge in [-0.25, -0.2) is 8.78 Å². The van der Waals surface area contributed by atoms with Gasteiger partial charge in [-0.15, -0.1) is 0 Å². The standard InChI is InChI=1S/C33H44F2O9/c1-16(2)27(39)42-15-25(38)33(44-29(41)18(5)6)26(43-28(40)17(3)4)13-20-21-12-23(34)22-11-19(36)9-10-30(22,7)32(21,35)24(37)14-31(20,33)8/h9-11,16-18,20-21,23-24,26,37H,12-15H2,1-8H3/t20-,21-,23-,24-,26+,30-,31-,32?,33+/m0/s1. The van der Waals surface area contributed by atoms with Crippen LogP contribution in [0.4, 0.5) is 8.78 Å². The average Bonchev–Trinajstić information content (AvgIpc) is 3.17. The summed E-state index contributed by atoms with van der Waals surface area (Å²) in [6, 6.07) is 0. The highest BCUT2D eigenvalue weighted by Gasteiger charge is 2.79. The predicted octanol–water partition coefficient (Wildman–Crippen LogP) is 4.19. The first-order valence-electron chi connectivity index (χ1n) is 15.4. The smallest absolute Gasteiger partial charge is 0.309 e. The van der Waals surface area contributed by atoms with Crippen molar-refractivity contribution in [2.45, 2.75) is 104 Å². The summed E-state index contributed by atoms with van der Waals surface area (Å²) >= 11 is 0. The SMILES string of the molecule is CC(C)C(=O)OCC(=O)[C@@]1(OC(=O)C(C)C)[C@H](OC(=O)C(C)C)C[C@H]2[C@@H]3C[C@H](F)C4=CC(=O)C=C[C@]4(C)C3(F)[C@@H](O)C[C@@]21C. The molecule has 0 saturated heterocycles. The molecule has 1 unspecified atom stereocenters. The van der Waals surface area contributed by atoms with Gasteiger partial charge >= 0.3 is 17.9 Å². The van der Waals surface area contributed by atoms with Crippen LogP contribution in [0.25, 0.3) is 0 Å². The molecular formula is C33H44F2O9. The lowest BCUT2D eigenvalue weighted by molar-refractivity contribution is -0.237. The van der Waals surface area contributed by atoms with Crippen molar-refractivity contribution in [3.8, 4) is 0 Å². The third kappa shape index (κ3) is 4.84. The highest BCUT2D eigenvalue weighted by Crippen LogP contribution is 2.71. The number of carbonyl (C=O) groups excluding carboxylic acids is 5. The van der Waals surface area contributed by atoms with Gasteiger partial charge in [0.25, 0.3) is 0 Å². The van der Waals surface area contributed by atoms with Gasteiger partial charge in [0, 0.05) is 16.7 Å². The predicted molar refractivity (Wildman–Crippen MR) is 153 cm³/mol. The molecule has 244 valence electrons. The molecule has 11 heteroatoms. The van der Waals surface area contributed by atoms with E-state index >= 15 is 8.78 Å². The lowest BCUT2D eigenvalue weighted by Crippen LogP contribution is -2.71. The van der Waals surface area contributed by atoms with E-state index in [0.29, 0.717) is 0 Å². The van der Waals surface area contributed by atoms with Crippen LogP contribution in [0.1, 0.15) is 74.7 Å². The monoisotopic (exact) mass is 622 g/mol. The molecule has 0 radical (unpaired) electrons. The van der Waals surface area contributed by atoms with Crippen LogP contribution in [-0.2, 0) is 38.2 Å². The molecule has 0 aromatic rings. The summed E-state index contributed by atoms with van der Waals surface area (Å²) in [4.78, 5) is 65.3. The molecule has 4 aliphatic carbocycles. The quantitative estimate of drug-likeness (QED) is 0.313. The Balaban J connectivity index is 1.92. The molecule has 3 saturated carbocycles. The molecule has 9 atom stereocenters. The molecule has 0 heterocycles. The first-order chi connectivity index (χ1) is 20.3. The van der Waals surface area contributed by atoms with Crippen LogP contribution in [0.3, 0.4) is 0 Å². The van der Waals surface area contributed by atoms with Crippen molar-refractivity contribution in [1.29, 1.82) is 0 Å². The minimum Gasteiger partial charge on any atom is -0.457 e. The Labute approximate surface area is 256 Å². The van der Waals surface area contributed by atoms with E-state index in [4.69, 9.17) is 14.2 Å². The minimum absolute atomic E-state index is 0.0682. The summed E-state index contributed by atoms with van der Waals surface area (Å²) in [7, 11) is 0. The number of rotatable bonds is 8. The number of fused-ring (bicyclic) bond motifs is 5. The minimum atomic E-state index is -2.49. The Bertz CT molecular complexity index is 1300. The Hall–Kier alpha value is -2.95. The molecule has 3 fully saturated rings. The first kappa shape index (κ1) is 33.9. The zero-order valence-corrected chi connectivity index (χ0v) is 26.6. The van der Waals surface area contributed by atoms with E-state index in [9.17, 15) is 29.1 Å². The van der Waals surface area contributed by atoms with Crippen molar-refractivity contribution in [1.82, 2.24) is 0 Å². The molecule has 44 heavy (non-hydrogen) atoms. The largest absolute Gasteiger partial charge is 0.457 e. The average molecular weight is 623 g/mol. The fraction of sp³-hybridized carbons (Fsp3) is 0.727. The Morgan fingerprint density at radius 2 is 1.55 bits per heavy atom. The lowest BCUT2D eigenvalue weighted by atomic mass is 9.44. The van der Waals surface area contributed by atoms with E-state index in [2.05, 4.69) is 0 Å². The van der Waals surface area contributed by atoms with Crippen molar-refractivity contribution in [3.05, 3.63) is 23.8 Å². The van der Waals surface area contributed by atoms with Gasteiger partial charge in [-0.1, -0.05) is 54.5 Å². The van der Waals surface area contributed by atoms with E-state index in [1.165, 1.54) is 13.0 Å². The molecule has 0 aliphatic heterocycles. The second-order valence-corrected chi connectivity index (χ2v) is 14.2. The normalized spacial score (nSPS) is 39.4. The second-order valence-electron chi connectivity index (χ2n) is 14.2. The second kappa shape index (κ2) is 11.4. The summed E-state index contributed by atoms with van der Waals surface area (Å²) in [5, 5.41) is 11.7. The van der Waals surface area contributed by atoms with E-state index in [0.717, 1.165) is 12.2 Å². The van der Waals surface area contributed by atoms with Gasteiger partial charge in [-0.3, -0.25) is 24.0 Å². The fourth-order valence-corrected chi connectivity index (χ4v) is 8.01. The Morgan fingerprint density at radius 3 is 2.11 bits per heavy atom. The van der Waals surface area contributed by atoms with Crippen molar-refractivity contribution in [2.24, 2.45) is 40.4 Å². The van der Waals surface area contributed by atoms with Crippen LogP contribution in [0.5, 0.6) is 0 Å². The number of halogens is 2. The van der Waals surface area contributed by atoms with E-state index in [1.807, 2.05) is 0 Å². The molecule has 0 aromatic carbocycles. The van der Waals surface area contributed by atoms with Crippen LogP contribution < -0.4 is 0 Å². The highest BCUT2D eigenvalue weighted by molar-refractivity contribution is 6.01. The summed E-state index contributed by atoms with van der Waals surface area (Å²) < 4.78 is 50.9. The maximum absolute atomic E-state index is 17.8. The van der Waals surface area contributed by atoms with Crippen LogP contribution in [0, 0.1) is 40.4 Å². The summed E-state index contributed by atoms with van der Waals surface area (Å²) in [5.41, 5.74) is -8.11. The topological polar surface area (TPSA) is 133 Å². The Morgan fingerprint density at radius 1 is 0.955 bits per heavy atom. The van der Waals surface area contributed by atoms with Gasteiger partial charge in [0.05, 0.1) is 23.9 Å². The number of carbonyl (C=O) groups is 5. The number of aliphatic hydroxyl groups is 1. The number of aliphatic hydroxyl groups excluding tert-OH is 1. The van der Waals surface area contributed by atoms with E-state index < -0.39 is 119 Å². The van der Waals surface area contributed by atoms with E-state index in [-0.39, 0.29) is 12.0 Å². The van der Waals surface area contributed by atoms with Gasteiger partial charge in [0.2, 0.25) is 11.4 Å². The maximum atomic E-state index is 17.8. The van der Waals surface area contributed by atoms with Gasteiger partial charge in [0.1, 0.15) is 12.3 Å². The van der Waals surface area contributed by atoms with Gasteiger partial charge in [0.15, 0.2) is 18.1 Å². The lowest BCUT2D eigenvalue weighted by Gasteiger charge is -2.63. The number of hydrogen-bond donors (Lipinski definition) is 1. The number of ketones is 2. The molecular weight excluding hydrogens is 578 g/mol. The molecule has 4 rings (SSSR count). The van der Waals surface area contributed by atoms with Crippen LogP contribution >= 0.6 is 0 Å². The molecule has 4 aliphatic rings. The zero-order valence-electron chi connectivity index (χ0n) is 26.6. The number of ether oxygens (including phenoxy) is 3.